The predicted octanol–water partition coefficient (Wildman–Crippen LogP) is 8.90. The quantitative estimate of drug-likeness (QED) is 0.414. The first-order chi connectivity index (χ1) is 15.4. The van der Waals surface area contributed by atoms with Crippen LogP contribution in [0.1, 0.15) is 146 Å². The molecule has 0 atom stereocenters. The molecule has 0 aliphatic heterocycles. The third-order valence-corrected chi connectivity index (χ3v) is 10.7. The summed E-state index contributed by atoms with van der Waals surface area (Å²) in [6, 6.07) is 11.7. The molecule has 0 amide bonds. The summed E-state index contributed by atoms with van der Waals surface area (Å²) in [4.78, 5) is 0. The van der Waals surface area contributed by atoms with E-state index in [1.165, 1.54) is 77.0 Å². The average molecular weight is 408 g/mol. The van der Waals surface area contributed by atoms with Crippen LogP contribution in [-0.2, 0) is 0 Å². The van der Waals surface area contributed by atoms with E-state index >= 15 is 0 Å². The van der Waals surface area contributed by atoms with Gasteiger partial charge in [0, 0.05) is 51.5 Å². The lowest BCUT2D eigenvalue weighted by Gasteiger charge is -2.43. The first-order valence-electron chi connectivity index (χ1n) is 13.5. The first kappa shape index (κ1) is 17.8. The van der Waals surface area contributed by atoms with Gasteiger partial charge in [0.25, 0.3) is 0 Å². The Balaban J connectivity index is 1.60. The lowest BCUT2D eigenvalue weighted by atomic mass is 9.58. The molecule has 9 aliphatic rings. The summed E-state index contributed by atoms with van der Waals surface area (Å²) in [5.41, 5.74) is 14.9. The molecule has 9 aliphatic carbocycles. The fourth-order valence-corrected chi connectivity index (χ4v) is 9.53. The molecular formula is C31H35+. The molecule has 0 N–H and O–H groups in total. The topological polar surface area (TPSA) is 0 Å². The van der Waals surface area contributed by atoms with Gasteiger partial charge in [-0.15, -0.1) is 0 Å². The zero-order chi connectivity index (χ0) is 20.1. The van der Waals surface area contributed by atoms with Crippen molar-refractivity contribution in [2.75, 3.05) is 0 Å². The Labute approximate surface area is 187 Å². The van der Waals surface area contributed by atoms with E-state index in [0.29, 0.717) is 0 Å². The summed E-state index contributed by atoms with van der Waals surface area (Å²) < 4.78 is 0. The van der Waals surface area contributed by atoms with E-state index in [1.807, 2.05) is 33.4 Å². The van der Waals surface area contributed by atoms with Crippen LogP contribution in [0.4, 0.5) is 0 Å². The third kappa shape index (κ3) is 2.30. The largest absolute Gasteiger partial charge is 0.110 e. The molecule has 3 saturated carbocycles. The minimum atomic E-state index is 0.830. The molecule has 0 nitrogen and oxygen atoms in total. The van der Waals surface area contributed by atoms with E-state index in [4.69, 9.17) is 0 Å². The Morgan fingerprint density at radius 1 is 0.484 bits per heavy atom. The lowest BCUT2D eigenvalue weighted by Crippen LogP contribution is -2.29. The second-order valence-corrected chi connectivity index (χ2v) is 11.9. The van der Waals surface area contributed by atoms with E-state index in [0.717, 1.165) is 35.5 Å². The van der Waals surface area contributed by atoms with Crippen LogP contribution in [-0.4, -0.2) is 0 Å². The molecule has 0 heteroatoms. The molecule has 11 rings (SSSR count). The van der Waals surface area contributed by atoms with Gasteiger partial charge < -0.3 is 0 Å². The van der Waals surface area contributed by atoms with Crippen LogP contribution in [0, 0.1) is 0 Å². The third-order valence-electron chi connectivity index (χ3n) is 10.7. The molecule has 2 aromatic rings. The van der Waals surface area contributed by atoms with E-state index in [-0.39, 0.29) is 0 Å². The zero-order valence-electron chi connectivity index (χ0n) is 18.8. The summed E-state index contributed by atoms with van der Waals surface area (Å²) in [5, 5.41) is 0. The minimum Gasteiger partial charge on any atom is -0.0605 e. The van der Waals surface area contributed by atoms with Crippen LogP contribution in [0.2, 0.25) is 0 Å². The smallest absolute Gasteiger partial charge is 0.0605 e. The van der Waals surface area contributed by atoms with Crippen LogP contribution >= 0.6 is 0 Å². The predicted molar refractivity (Wildman–Crippen MR) is 128 cm³/mol. The zero-order valence-corrected chi connectivity index (χ0v) is 18.8. The van der Waals surface area contributed by atoms with Gasteiger partial charge >= 0.3 is 0 Å². The van der Waals surface area contributed by atoms with E-state index < -0.39 is 0 Å². The van der Waals surface area contributed by atoms with E-state index in [9.17, 15) is 0 Å². The van der Waals surface area contributed by atoms with Gasteiger partial charge in [-0.2, -0.15) is 0 Å². The summed E-state index contributed by atoms with van der Waals surface area (Å²) in [7, 11) is 0. The molecule has 2 aromatic carbocycles. The van der Waals surface area contributed by atoms with Crippen molar-refractivity contribution in [1.82, 2.24) is 0 Å². The fourth-order valence-electron chi connectivity index (χ4n) is 9.53. The van der Waals surface area contributed by atoms with Crippen LogP contribution < -0.4 is 0 Å². The maximum absolute atomic E-state index is 2.45. The molecule has 0 spiro atoms. The standard InChI is InChI=1S/C31H35/c1-2-4-18(5-3-1)25-26-19-6-10-21(11-7-19)28(26)30-23-14-16-24(17-15-23)31(30)29-22-12-8-20(9-13-22)27(25)29/h1-5,19-24H,6-17H2/q+1. The van der Waals surface area contributed by atoms with Crippen LogP contribution in [0.5, 0.6) is 0 Å². The van der Waals surface area contributed by atoms with Crippen LogP contribution in [0.25, 0.3) is 11.1 Å². The van der Waals surface area contributed by atoms with Gasteiger partial charge in [-0.1, -0.05) is 18.2 Å². The summed E-state index contributed by atoms with van der Waals surface area (Å²) in [6.07, 6.45) is 17.6. The van der Waals surface area contributed by atoms with Gasteiger partial charge in [-0.3, -0.25) is 0 Å². The van der Waals surface area contributed by atoms with Gasteiger partial charge in [0.2, 0.25) is 0 Å². The highest BCUT2D eigenvalue weighted by molar-refractivity contribution is 5.79. The lowest BCUT2D eigenvalue weighted by molar-refractivity contribution is 0.321. The van der Waals surface area contributed by atoms with Gasteiger partial charge in [-0.25, -0.2) is 0 Å². The van der Waals surface area contributed by atoms with Crippen molar-refractivity contribution < 1.29 is 0 Å². The van der Waals surface area contributed by atoms with E-state index in [2.05, 4.69) is 30.3 Å². The monoisotopic (exact) mass is 407 g/mol. The van der Waals surface area contributed by atoms with Crippen molar-refractivity contribution in [1.29, 1.82) is 0 Å². The fraction of sp³-hybridized carbons (Fsp3) is 0.581. The van der Waals surface area contributed by atoms with Crippen LogP contribution in [0.15, 0.2) is 30.3 Å². The number of benzene rings is 1. The molecule has 0 aromatic heterocycles. The van der Waals surface area contributed by atoms with Crippen molar-refractivity contribution in [2.45, 2.75) is 113 Å². The maximum atomic E-state index is 2.45. The number of fused-ring (bicyclic) bond motifs is 6. The maximum Gasteiger partial charge on any atom is 0.110 e. The molecule has 6 bridgehead atoms. The number of hydrogen-bond donors (Lipinski definition) is 0. The highest BCUT2D eigenvalue weighted by atomic mass is 14.5. The van der Waals surface area contributed by atoms with Crippen molar-refractivity contribution in [3.8, 4) is 11.1 Å². The summed E-state index contributed by atoms with van der Waals surface area (Å²) >= 11 is 0. The van der Waals surface area contributed by atoms with Gasteiger partial charge in [-0.05, 0) is 101 Å². The summed E-state index contributed by atoms with van der Waals surface area (Å²) in [6.45, 7) is 0. The van der Waals surface area contributed by atoms with Crippen molar-refractivity contribution >= 4 is 0 Å². The Bertz CT molecular complexity index is 992. The van der Waals surface area contributed by atoms with Crippen molar-refractivity contribution in [3.63, 3.8) is 0 Å². The Kier molecular flexibility index (Phi) is 3.69. The highest BCUT2D eigenvalue weighted by Crippen LogP contribution is 2.64. The Hall–Kier alpha value is -1.69. The number of hydrogen-bond acceptors (Lipinski definition) is 0. The second kappa shape index (κ2) is 6.43. The van der Waals surface area contributed by atoms with Gasteiger partial charge in [0.1, 0.15) is 5.56 Å². The Morgan fingerprint density at radius 3 is 1.58 bits per heavy atom. The Morgan fingerprint density at radius 2 is 0.968 bits per heavy atom. The minimum absolute atomic E-state index is 0.830. The van der Waals surface area contributed by atoms with Gasteiger partial charge in [0.05, 0.1) is 11.1 Å². The molecule has 3 fully saturated rings. The van der Waals surface area contributed by atoms with E-state index in [1.54, 1.807) is 11.1 Å². The molecule has 0 radical (unpaired) electrons. The van der Waals surface area contributed by atoms with Crippen molar-refractivity contribution in [3.05, 3.63) is 63.7 Å². The summed E-state index contributed by atoms with van der Waals surface area (Å²) in [5.74, 6) is 5.15. The SMILES string of the molecule is c1ccc(-c2c3c(c4c(c5[c+]2C2CCC5CC2)C2CCC4CC2)C2CCC3CC2)cc1. The molecule has 158 valence electrons. The highest BCUT2D eigenvalue weighted by Gasteiger charge is 2.51. The molecule has 0 unspecified atom stereocenters. The molecular weight excluding hydrogens is 372 g/mol. The molecule has 31 heavy (non-hydrogen) atoms. The normalized spacial score (nSPS) is 36.1. The second-order valence-electron chi connectivity index (χ2n) is 11.9. The number of rotatable bonds is 1. The van der Waals surface area contributed by atoms with Crippen molar-refractivity contribution in [2.24, 2.45) is 0 Å². The first-order valence-corrected chi connectivity index (χ1v) is 13.5. The molecule has 0 heterocycles. The van der Waals surface area contributed by atoms with Gasteiger partial charge in [0.15, 0.2) is 0 Å². The molecule has 0 saturated heterocycles. The van der Waals surface area contributed by atoms with Crippen LogP contribution in [0.3, 0.4) is 0 Å². The average Bonchev–Trinajstić information content (AvgIpc) is 3.03.